The molecule has 0 aliphatic rings. The number of aryl methyl sites for hydroxylation is 2. The van der Waals surface area contributed by atoms with E-state index in [1.165, 1.54) is 5.56 Å². The normalized spacial score (nSPS) is 11.2. The number of hydrogen-bond donors (Lipinski definition) is 1. The summed E-state index contributed by atoms with van der Waals surface area (Å²) < 4.78 is 2.19. The second-order valence-electron chi connectivity index (χ2n) is 5.34. The maximum atomic E-state index is 4.35. The Bertz CT molecular complexity index is 579. The molecule has 0 fully saturated rings. The Morgan fingerprint density at radius 1 is 1.43 bits per heavy atom. The monoisotopic (exact) mass is 447 g/mol. The van der Waals surface area contributed by atoms with Gasteiger partial charge in [-0.15, -0.1) is 24.0 Å². The second-order valence-corrected chi connectivity index (χ2v) is 6.12. The van der Waals surface area contributed by atoms with Gasteiger partial charge in [0.1, 0.15) is 5.82 Å². The molecule has 0 amide bonds. The van der Waals surface area contributed by atoms with E-state index in [1.54, 1.807) is 11.3 Å². The second kappa shape index (κ2) is 10.6. The fourth-order valence-corrected chi connectivity index (χ4v) is 3.02. The molecule has 23 heavy (non-hydrogen) atoms. The zero-order chi connectivity index (χ0) is 15.8. The van der Waals surface area contributed by atoms with Crippen LogP contribution in [0.25, 0.3) is 0 Å². The van der Waals surface area contributed by atoms with E-state index >= 15 is 0 Å². The Morgan fingerprint density at radius 2 is 2.26 bits per heavy atom. The molecule has 0 bridgehead atoms. The molecule has 2 rings (SSSR count). The number of imidazole rings is 1. The van der Waals surface area contributed by atoms with Gasteiger partial charge in [0, 0.05) is 46.1 Å². The van der Waals surface area contributed by atoms with Crippen molar-refractivity contribution in [2.75, 3.05) is 20.6 Å². The Kier molecular flexibility index (Phi) is 9.23. The molecule has 0 radical (unpaired) electrons. The first-order valence-corrected chi connectivity index (χ1v) is 8.55. The quantitative estimate of drug-likeness (QED) is 0.307. The summed E-state index contributed by atoms with van der Waals surface area (Å²) in [4.78, 5) is 10.7. The Morgan fingerprint density at radius 3 is 2.87 bits per heavy atom. The van der Waals surface area contributed by atoms with Crippen LogP contribution >= 0.6 is 35.3 Å². The molecule has 0 unspecified atom stereocenters. The van der Waals surface area contributed by atoms with Gasteiger partial charge in [-0.05, 0) is 42.2 Å². The van der Waals surface area contributed by atoms with E-state index in [2.05, 4.69) is 48.6 Å². The van der Waals surface area contributed by atoms with Gasteiger partial charge in [-0.25, -0.2) is 4.98 Å². The predicted molar refractivity (Wildman–Crippen MR) is 109 cm³/mol. The summed E-state index contributed by atoms with van der Waals surface area (Å²) >= 11 is 1.73. The van der Waals surface area contributed by atoms with Gasteiger partial charge in [-0.2, -0.15) is 11.3 Å². The number of aromatic nitrogens is 2. The summed E-state index contributed by atoms with van der Waals surface area (Å²) in [6, 6.07) is 2.15. The van der Waals surface area contributed by atoms with E-state index in [0.29, 0.717) is 0 Å². The molecule has 0 saturated carbocycles. The molecular formula is C16H26IN5S. The number of aliphatic imine (C=N–C) groups is 1. The van der Waals surface area contributed by atoms with Crippen LogP contribution in [0.15, 0.2) is 34.2 Å². The summed E-state index contributed by atoms with van der Waals surface area (Å²) in [6.07, 6.45) is 6.14. The SMILES string of the molecule is CN=C(NCCCCn1ccnc1C)N(C)Cc1ccsc1.I. The molecule has 2 heterocycles. The highest BCUT2D eigenvalue weighted by molar-refractivity contribution is 14.0. The number of unbranched alkanes of at least 4 members (excludes halogenated alkanes) is 1. The van der Waals surface area contributed by atoms with Crippen molar-refractivity contribution < 1.29 is 0 Å². The van der Waals surface area contributed by atoms with Crippen molar-refractivity contribution in [1.29, 1.82) is 0 Å². The van der Waals surface area contributed by atoms with Gasteiger partial charge in [-0.3, -0.25) is 4.99 Å². The molecule has 2 aromatic rings. The van der Waals surface area contributed by atoms with Crippen molar-refractivity contribution in [3.05, 3.63) is 40.6 Å². The minimum atomic E-state index is 0. The number of hydrogen-bond acceptors (Lipinski definition) is 3. The zero-order valence-electron chi connectivity index (χ0n) is 14.0. The Labute approximate surface area is 159 Å². The number of nitrogens with one attached hydrogen (secondary N) is 1. The largest absolute Gasteiger partial charge is 0.356 e. The maximum absolute atomic E-state index is 4.35. The maximum Gasteiger partial charge on any atom is 0.193 e. The molecule has 0 saturated heterocycles. The van der Waals surface area contributed by atoms with Crippen LogP contribution in [0, 0.1) is 6.92 Å². The molecule has 0 aliphatic heterocycles. The van der Waals surface area contributed by atoms with Crippen LogP contribution in [0.4, 0.5) is 0 Å². The van der Waals surface area contributed by atoms with Gasteiger partial charge in [-0.1, -0.05) is 0 Å². The van der Waals surface area contributed by atoms with E-state index in [-0.39, 0.29) is 24.0 Å². The number of halogens is 1. The van der Waals surface area contributed by atoms with Gasteiger partial charge >= 0.3 is 0 Å². The lowest BCUT2D eigenvalue weighted by atomic mass is 10.3. The smallest absolute Gasteiger partial charge is 0.193 e. The molecule has 5 nitrogen and oxygen atoms in total. The highest BCUT2D eigenvalue weighted by Gasteiger charge is 2.06. The molecule has 1 N–H and O–H groups in total. The summed E-state index contributed by atoms with van der Waals surface area (Å²) in [5, 5.41) is 7.72. The third-order valence-electron chi connectivity index (χ3n) is 3.61. The van der Waals surface area contributed by atoms with Crippen LogP contribution in [0.1, 0.15) is 24.2 Å². The highest BCUT2D eigenvalue weighted by atomic mass is 127. The topological polar surface area (TPSA) is 45.5 Å². The van der Waals surface area contributed by atoms with E-state index < -0.39 is 0 Å². The summed E-state index contributed by atoms with van der Waals surface area (Å²) in [7, 11) is 3.91. The van der Waals surface area contributed by atoms with Gasteiger partial charge in [0.15, 0.2) is 5.96 Å². The molecule has 0 aromatic carbocycles. The lowest BCUT2D eigenvalue weighted by Gasteiger charge is -2.21. The van der Waals surface area contributed by atoms with E-state index in [9.17, 15) is 0 Å². The van der Waals surface area contributed by atoms with Crippen LogP contribution in [-0.2, 0) is 13.1 Å². The van der Waals surface area contributed by atoms with Crippen LogP contribution in [-0.4, -0.2) is 41.1 Å². The van der Waals surface area contributed by atoms with Gasteiger partial charge in [0.05, 0.1) is 0 Å². The number of thiophene rings is 1. The van der Waals surface area contributed by atoms with Crippen molar-refractivity contribution in [3.8, 4) is 0 Å². The third kappa shape index (κ3) is 6.50. The van der Waals surface area contributed by atoms with Crippen molar-refractivity contribution in [2.45, 2.75) is 32.9 Å². The molecule has 2 aromatic heterocycles. The zero-order valence-corrected chi connectivity index (χ0v) is 17.2. The number of rotatable bonds is 7. The summed E-state index contributed by atoms with van der Waals surface area (Å²) in [5.74, 6) is 2.03. The molecule has 0 aliphatic carbocycles. The van der Waals surface area contributed by atoms with E-state index in [0.717, 1.165) is 44.3 Å². The summed E-state index contributed by atoms with van der Waals surface area (Å²) in [6.45, 7) is 4.89. The fourth-order valence-electron chi connectivity index (χ4n) is 2.36. The molecule has 0 spiro atoms. The first-order valence-electron chi connectivity index (χ1n) is 7.61. The minimum Gasteiger partial charge on any atom is -0.356 e. The van der Waals surface area contributed by atoms with Crippen molar-refractivity contribution in [2.24, 2.45) is 4.99 Å². The van der Waals surface area contributed by atoms with Gasteiger partial charge in [0.2, 0.25) is 0 Å². The Hall–Kier alpha value is -1.09. The highest BCUT2D eigenvalue weighted by Crippen LogP contribution is 2.08. The minimum absolute atomic E-state index is 0. The van der Waals surface area contributed by atoms with Gasteiger partial charge in [0.25, 0.3) is 0 Å². The van der Waals surface area contributed by atoms with E-state index in [4.69, 9.17) is 0 Å². The average Bonchev–Trinajstić information content (AvgIpc) is 3.15. The Balaban J connectivity index is 0.00000264. The number of nitrogens with zero attached hydrogens (tertiary/aromatic N) is 4. The van der Waals surface area contributed by atoms with Crippen LogP contribution in [0.5, 0.6) is 0 Å². The summed E-state index contributed by atoms with van der Waals surface area (Å²) in [5.41, 5.74) is 1.33. The molecule has 7 heteroatoms. The lowest BCUT2D eigenvalue weighted by molar-refractivity contribution is 0.473. The first kappa shape index (κ1) is 20.0. The standard InChI is InChI=1S/C16H25N5S.HI/c1-14-18-8-10-21(14)9-5-4-7-19-16(17-2)20(3)12-15-6-11-22-13-15;/h6,8,10-11,13H,4-5,7,9,12H2,1-3H3,(H,17,19);1H. The van der Waals surface area contributed by atoms with Crippen LogP contribution in [0.3, 0.4) is 0 Å². The molecule has 0 atom stereocenters. The average molecular weight is 447 g/mol. The number of guanidine groups is 1. The van der Waals surface area contributed by atoms with Crippen molar-refractivity contribution in [1.82, 2.24) is 19.8 Å². The fraction of sp³-hybridized carbons (Fsp3) is 0.500. The van der Waals surface area contributed by atoms with Crippen LogP contribution < -0.4 is 5.32 Å². The van der Waals surface area contributed by atoms with Gasteiger partial charge < -0.3 is 14.8 Å². The van der Waals surface area contributed by atoms with E-state index in [1.807, 2.05) is 26.4 Å². The lowest BCUT2D eigenvalue weighted by Crippen LogP contribution is -2.38. The van der Waals surface area contributed by atoms with Crippen LogP contribution in [0.2, 0.25) is 0 Å². The molecular weight excluding hydrogens is 421 g/mol. The predicted octanol–water partition coefficient (Wildman–Crippen LogP) is 3.36. The first-order chi connectivity index (χ1) is 10.7. The van der Waals surface area contributed by atoms with Crippen molar-refractivity contribution in [3.63, 3.8) is 0 Å². The third-order valence-corrected chi connectivity index (χ3v) is 4.34. The van der Waals surface area contributed by atoms with Crippen molar-refractivity contribution >= 4 is 41.3 Å². The molecule has 128 valence electrons.